The predicted molar refractivity (Wildman–Crippen MR) is 50.8 cm³/mol. The average Bonchev–Trinajstić information content (AvgIpc) is 2.33. The van der Waals surface area contributed by atoms with Crippen molar-refractivity contribution in [2.75, 3.05) is 0 Å². The lowest BCUT2D eigenvalue weighted by Crippen LogP contribution is -1.96. The van der Waals surface area contributed by atoms with Gasteiger partial charge in [-0.3, -0.25) is 0 Å². The van der Waals surface area contributed by atoms with E-state index in [1.54, 1.807) is 0 Å². The van der Waals surface area contributed by atoms with Gasteiger partial charge in [0.05, 0.1) is 12.3 Å². The molecule has 0 amide bonds. The van der Waals surface area contributed by atoms with Gasteiger partial charge in [-0.25, -0.2) is 4.98 Å². The first-order valence-electron chi connectivity index (χ1n) is 4.01. The summed E-state index contributed by atoms with van der Waals surface area (Å²) in [5.41, 5.74) is 0.723. The minimum atomic E-state index is -0.00185. The van der Waals surface area contributed by atoms with Gasteiger partial charge in [0, 0.05) is 13.5 Å². The van der Waals surface area contributed by atoms with Crippen molar-refractivity contribution in [1.82, 2.24) is 9.55 Å². The van der Waals surface area contributed by atoms with Crippen LogP contribution in [0.2, 0.25) is 0 Å². The molecule has 0 unspecified atom stereocenters. The number of aliphatic hydroxyl groups is 1. The van der Waals surface area contributed by atoms with Crippen molar-refractivity contribution >= 4 is 15.9 Å². The molecule has 1 N–H and O–H groups in total. The van der Waals surface area contributed by atoms with Crippen molar-refractivity contribution in [1.29, 1.82) is 0 Å². The van der Waals surface area contributed by atoms with Gasteiger partial charge in [0.1, 0.15) is 10.4 Å². The van der Waals surface area contributed by atoms with Gasteiger partial charge in [-0.05, 0) is 22.4 Å². The lowest BCUT2D eigenvalue weighted by molar-refractivity contribution is 0.276. The van der Waals surface area contributed by atoms with Crippen molar-refractivity contribution in [3.05, 3.63) is 16.1 Å². The van der Waals surface area contributed by atoms with Crippen molar-refractivity contribution in [3.63, 3.8) is 0 Å². The summed E-state index contributed by atoms with van der Waals surface area (Å²) in [6.07, 6.45) is 2.03. The summed E-state index contributed by atoms with van der Waals surface area (Å²) in [7, 11) is 1.95. The molecule has 0 aliphatic heterocycles. The van der Waals surface area contributed by atoms with Crippen LogP contribution in [0.15, 0.2) is 4.60 Å². The van der Waals surface area contributed by atoms with Gasteiger partial charge in [0.15, 0.2) is 0 Å². The molecule has 0 atom stereocenters. The highest BCUT2D eigenvalue weighted by Crippen LogP contribution is 2.17. The zero-order valence-corrected chi connectivity index (χ0v) is 8.93. The van der Waals surface area contributed by atoms with Crippen molar-refractivity contribution in [2.45, 2.75) is 26.4 Å². The minimum Gasteiger partial charge on any atom is -0.390 e. The molecule has 0 bridgehead atoms. The van der Waals surface area contributed by atoms with E-state index in [0.717, 1.165) is 29.0 Å². The zero-order valence-electron chi connectivity index (χ0n) is 7.34. The highest BCUT2D eigenvalue weighted by molar-refractivity contribution is 9.10. The van der Waals surface area contributed by atoms with Crippen LogP contribution in [0.5, 0.6) is 0 Å². The lowest BCUT2D eigenvalue weighted by atomic mass is 10.3. The minimum absolute atomic E-state index is 0.00185. The van der Waals surface area contributed by atoms with E-state index in [9.17, 15) is 0 Å². The van der Waals surface area contributed by atoms with Crippen LogP contribution >= 0.6 is 15.9 Å². The van der Waals surface area contributed by atoms with E-state index in [-0.39, 0.29) is 6.61 Å². The number of nitrogens with zero attached hydrogens (tertiary/aromatic N) is 2. The largest absolute Gasteiger partial charge is 0.390 e. The molecule has 0 aliphatic rings. The zero-order chi connectivity index (χ0) is 9.14. The topological polar surface area (TPSA) is 38.1 Å². The van der Waals surface area contributed by atoms with Gasteiger partial charge in [-0.1, -0.05) is 6.92 Å². The van der Waals surface area contributed by atoms with Crippen LogP contribution in [0.1, 0.15) is 24.9 Å². The number of aliphatic hydroxyl groups excluding tert-OH is 1. The van der Waals surface area contributed by atoms with E-state index in [1.807, 2.05) is 11.6 Å². The molecule has 3 nitrogen and oxygen atoms in total. The molecule has 1 aromatic rings. The molecule has 0 fully saturated rings. The van der Waals surface area contributed by atoms with Crippen LogP contribution in [-0.2, 0) is 20.1 Å². The molecule has 68 valence electrons. The fraction of sp³-hybridized carbons (Fsp3) is 0.625. The molecular weight excluding hydrogens is 220 g/mol. The maximum atomic E-state index is 8.92. The van der Waals surface area contributed by atoms with Crippen LogP contribution in [0.3, 0.4) is 0 Å². The Balaban J connectivity index is 2.98. The summed E-state index contributed by atoms with van der Waals surface area (Å²) < 4.78 is 2.85. The molecule has 0 saturated carbocycles. The Bertz CT molecular complexity index is 270. The molecule has 1 rings (SSSR count). The molecule has 12 heavy (non-hydrogen) atoms. The molecule has 0 spiro atoms. The predicted octanol–water partition coefficient (Wildman–Crippen LogP) is 1.63. The number of imidazole rings is 1. The fourth-order valence-corrected chi connectivity index (χ4v) is 1.55. The third-order valence-corrected chi connectivity index (χ3v) is 2.80. The Kier molecular flexibility index (Phi) is 3.29. The number of aromatic nitrogens is 2. The van der Waals surface area contributed by atoms with Crippen molar-refractivity contribution in [3.8, 4) is 0 Å². The normalized spacial score (nSPS) is 10.7. The third kappa shape index (κ3) is 1.69. The van der Waals surface area contributed by atoms with E-state index < -0.39 is 0 Å². The van der Waals surface area contributed by atoms with E-state index in [4.69, 9.17) is 5.11 Å². The monoisotopic (exact) mass is 232 g/mol. The maximum Gasteiger partial charge on any atom is 0.110 e. The van der Waals surface area contributed by atoms with Crippen molar-refractivity contribution in [2.24, 2.45) is 7.05 Å². The summed E-state index contributed by atoms with van der Waals surface area (Å²) in [6.45, 7) is 2.11. The molecule has 0 radical (unpaired) electrons. The van der Waals surface area contributed by atoms with Crippen LogP contribution < -0.4 is 0 Å². The van der Waals surface area contributed by atoms with Gasteiger partial charge < -0.3 is 9.67 Å². The van der Waals surface area contributed by atoms with Gasteiger partial charge in [-0.2, -0.15) is 0 Å². The Morgan fingerprint density at radius 2 is 2.25 bits per heavy atom. The molecule has 0 aliphatic carbocycles. The smallest absolute Gasteiger partial charge is 0.110 e. The molecule has 1 heterocycles. The first-order valence-corrected chi connectivity index (χ1v) is 4.80. The second-order valence-electron chi connectivity index (χ2n) is 2.73. The number of rotatable bonds is 3. The SMILES string of the molecule is CCCc1nc(CO)c(Br)n1C. The molecule has 1 aromatic heterocycles. The average molecular weight is 233 g/mol. The van der Waals surface area contributed by atoms with E-state index in [1.165, 1.54) is 0 Å². The summed E-state index contributed by atoms with van der Waals surface area (Å²) in [6, 6.07) is 0. The molecule has 0 aromatic carbocycles. The quantitative estimate of drug-likeness (QED) is 0.861. The fourth-order valence-electron chi connectivity index (χ4n) is 1.13. The lowest BCUT2D eigenvalue weighted by Gasteiger charge is -1.98. The van der Waals surface area contributed by atoms with Crippen molar-refractivity contribution < 1.29 is 5.11 Å². The number of hydrogen-bond donors (Lipinski definition) is 1. The first-order chi connectivity index (χ1) is 5.70. The van der Waals surface area contributed by atoms with Gasteiger partial charge >= 0.3 is 0 Å². The van der Waals surface area contributed by atoms with Crippen LogP contribution in [0.4, 0.5) is 0 Å². The van der Waals surface area contributed by atoms with E-state index >= 15 is 0 Å². The Hall–Kier alpha value is -0.350. The summed E-state index contributed by atoms with van der Waals surface area (Å²) in [5.74, 6) is 1.02. The second-order valence-corrected chi connectivity index (χ2v) is 3.48. The molecule has 0 saturated heterocycles. The van der Waals surface area contributed by atoms with E-state index in [2.05, 4.69) is 27.8 Å². The summed E-state index contributed by atoms with van der Waals surface area (Å²) >= 11 is 3.37. The van der Waals surface area contributed by atoms with Crippen LogP contribution in [0.25, 0.3) is 0 Å². The van der Waals surface area contributed by atoms with Crippen LogP contribution in [-0.4, -0.2) is 14.7 Å². The Morgan fingerprint density at radius 3 is 2.67 bits per heavy atom. The van der Waals surface area contributed by atoms with Gasteiger partial charge in [0.25, 0.3) is 0 Å². The highest BCUT2D eigenvalue weighted by atomic mass is 79.9. The van der Waals surface area contributed by atoms with Crippen LogP contribution in [0, 0.1) is 0 Å². The Labute approximate surface area is 80.6 Å². The third-order valence-electron chi connectivity index (χ3n) is 1.81. The number of aryl methyl sites for hydroxylation is 1. The first kappa shape index (κ1) is 9.74. The van der Waals surface area contributed by atoms with Gasteiger partial charge in [-0.15, -0.1) is 0 Å². The van der Waals surface area contributed by atoms with E-state index in [0.29, 0.717) is 0 Å². The second kappa shape index (κ2) is 4.05. The number of hydrogen-bond acceptors (Lipinski definition) is 2. The number of halogens is 1. The Morgan fingerprint density at radius 1 is 1.58 bits per heavy atom. The maximum absolute atomic E-state index is 8.92. The molecular formula is C8H13BrN2O. The standard InChI is InChI=1S/C8H13BrN2O/c1-3-4-7-10-6(5-12)8(9)11(7)2/h12H,3-5H2,1-2H3. The summed E-state index contributed by atoms with van der Waals surface area (Å²) in [5, 5.41) is 8.92. The highest BCUT2D eigenvalue weighted by Gasteiger charge is 2.09. The molecule has 4 heteroatoms. The summed E-state index contributed by atoms with van der Waals surface area (Å²) in [4.78, 5) is 4.28. The van der Waals surface area contributed by atoms with Gasteiger partial charge in [0.2, 0.25) is 0 Å².